The van der Waals surface area contributed by atoms with Crippen molar-refractivity contribution in [2.24, 2.45) is 17.8 Å². The van der Waals surface area contributed by atoms with E-state index in [1.807, 2.05) is 6.92 Å². The first-order valence-electron chi connectivity index (χ1n) is 10.1. The molecule has 4 aliphatic rings. The van der Waals surface area contributed by atoms with Crippen molar-refractivity contribution in [1.29, 1.82) is 0 Å². The van der Waals surface area contributed by atoms with Crippen molar-refractivity contribution < 1.29 is 32.2 Å². The zero-order valence-electron chi connectivity index (χ0n) is 16.4. The summed E-state index contributed by atoms with van der Waals surface area (Å²) in [6, 6.07) is 4.63. The minimum Gasteiger partial charge on any atom is -0.461 e. The fourth-order valence-electron chi connectivity index (χ4n) is 6.22. The third kappa shape index (κ3) is 2.65. The highest BCUT2D eigenvalue weighted by atomic mass is 32.2. The Labute approximate surface area is 169 Å². The molecule has 0 unspecified atom stereocenters. The van der Waals surface area contributed by atoms with Gasteiger partial charge in [-0.05, 0) is 63.8 Å². The van der Waals surface area contributed by atoms with Gasteiger partial charge in [0.2, 0.25) is 0 Å². The molecule has 0 aromatic heterocycles. The first-order chi connectivity index (χ1) is 13.5. The number of epoxide rings is 1. The van der Waals surface area contributed by atoms with Crippen LogP contribution in [0.5, 0.6) is 0 Å². The third-order valence-electron chi connectivity index (χ3n) is 7.78. The molecule has 2 saturated heterocycles. The predicted molar refractivity (Wildman–Crippen MR) is 100 cm³/mol. The van der Waals surface area contributed by atoms with E-state index in [2.05, 4.69) is 0 Å². The Morgan fingerprint density at radius 2 is 1.86 bits per heavy atom. The number of rotatable bonds is 3. The summed E-state index contributed by atoms with van der Waals surface area (Å²) in [5.41, 5.74) is -1.90. The number of esters is 1. The summed E-state index contributed by atoms with van der Waals surface area (Å²) in [7, 11) is -3.79. The van der Waals surface area contributed by atoms with E-state index >= 15 is 0 Å². The lowest BCUT2D eigenvalue weighted by atomic mass is 9.75. The molecule has 6 nitrogen and oxygen atoms in total. The van der Waals surface area contributed by atoms with Gasteiger partial charge in [-0.3, -0.25) is 4.79 Å². The molecule has 1 N–H and O–H groups in total. The van der Waals surface area contributed by atoms with Crippen LogP contribution in [-0.4, -0.2) is 48.2 Å². The molecule has 4 fully saturated rings. The maximum atomic E-state index is 13.2. The number of benzene rings is 1. The molecule has 2 saturated carbocycles. The maximum absolute atomic E-state index is 13.2. The Bertz CT molecular complexity index is 973. The number of fused-ring (bicyclic) bond motifs is 2. The van der Waals surface area contributed by atoms with Gasteiger partial charge in [-0.25, -0.2) is 12.8 Å². The van der Waals surface area contributed by atoms with Crippen molar-refractivity contribution >= 4 is 15.8 Å². The molecular formula is C21H25FO6S. The number of halogens is 1. The van der Waals surface area contributed by atoms with Gasteiger partial charge >= 0.3 is 5.97 Å². The fourth-order valence-corrected chi connectivity index (χ4v) is 7.82. The third-order valence-corrected chi connectivity index (χ3v) is 9.57. The SMILES string of the molecule is C[C@@]1(O)CC[C@]23O[C@@]2(C)CC[C@@H]2[C@H](OC(=O)[C@H]2CS(=O)(=O)c2ccc(F)cc2)[C@@H]13. The molecule has 2 aliphatic carbocycles. The van der Waals surface area contributed by atoms with Crippen molar-refractivity contribution in [1.82, 2.24) is 0 Å². The molecule has 158 valence electrons. The van der Waals surface area contributed by atoms with Crippen LogP contribution < -0.4 is 0 Å². The minimum absolute atomic E-state index is 0.00810. The zero-order valence-corrected chi connectivity index (χ0v) is 17.2. The largest absolute Gasteiger partial charge is 0.461 e. The van der Waals surface area contributed by atoms with Gasteiger partial charge in [-0.15, -0.1) is 0 Å². The van der Waals surface area contributed by atoms with E-state index in [-0.39, 0.29) is 28.1 Å². The molecule has 2 heterocycles. The molecule has 1 spiro atoms. The summed E-state index contributed by atoms with van der Waals surface area (Å²) in [6.07, 6.45) is 2.01. The highest BCUT2D eigenvalue weighted by molar-refractivity contribution is 7.91. The van der Waals surface area contributed by atoms with Crippen LogP contribution in [0.4, 0.5) is 4.39 Å². The van der Waals surface area contributed by atoms with Crippen LogP contribution in [0.2, 0.25) is 0 Å². The lowest BCUT2D eigenvalue weighted by Crippen LogP contribution is -2.47. The number of aliphatic hydroxyl groups is 1. The van der Waals surface area contributed by atoms with Crippen molar-refractivity contribution in [3.8, 4) is 0 Å². The van der Waals surface area contributed by atoms with Gasteiger partial charge in [0.05, 0.1) is 33.7 Å². The molecule has 2 aliphatic heterocycles. The standard InChI is InChI=1S/C21H25FO6S/c1-19(24)9-10-21-17(19)16-14(7-8-20(21,2)28-21)15(18(23)27-16)11-29(25,26)13-5-3-12(22)4-6-13/h3-6,14-17,24H,7-11H2,1-2H3/t14-,15-,16-,17-,19+,20-,21+/m0/s1. The van der Waals surface area contributed by atoms with Crippen LogP contribution in [0.1, 0.15) is 39.5 Å². The normalized spacial score (nSPS) is 45.7. The van der Waals surface area contributed by atoms with Crippen molar-refractivity contribution in [2.45, 2.75) is 67.3 Å². The van der Waals surface area contributed by atoms with Crippen molar-refractivity contribution in [3.63, 3.8) is 0 Å². The van der Waals surface area contributed by atoms with Gasteiger partial charge < -0.3 is 14.6 Å². The van der Waals surface area contributed by atoms with Crippen LogP contribution in [0.3, 0.4) is 0 Å². The molecule has 5 rings (SSSR count). The summed E-state index contributed by atoms with van der Waals surface area (Å²) < 4.78 is 50.8. The number of carbonyl (C=O) groups is 1. The van der Waals surface area contributed by atoms with Gasteiger partial charge in [0.15, 0.2) is 9.84 Å². The molecule has 0 bridgehead atoms. The molecule has 7 atom stereocenters. The average Bonchev–Trinajstić information content (AvgIpc) is 3.01. The summed E-state index contributed by atoms with van der Waals surface area (Å²) in [6.45, 7) is 3.79. The van der Waals surface area contributed by atoms with E-state index in [4.69, 9.17) is 9.47 Å². The van der Waals surface area contributed by atoms with Crippen LogP contribution >= 0.6 is 0 Å². The Kier molecular flexibility index (Phi) is 3.89. The number of carbonyl (C=O) groups excluding carboxylic acids is 1. The van der Waals surface area contributed by atoms with Gasteiger partial charge in [0.25, 0.3) is 0 Å². The predicted octanol–water partition coefficient (Wildman–Crippen LogP) is 2.24. The fraction of sp³-hybridized carbons (Fsp3) is 0.667. The quantitative estimate of drug-likeness (QED) is 0.454. The van der Waals surface area contributed by atoms with Gasteiger partial charge in [0, 0.05) is 5.92 Å². The lowest BCUT2D eigenvalue weighted by Gasteiger charge is -2.34. The van der Waals surface area contributed by atoms with Gasteiger partial charge in [0.1, 0.15) is 17.5 Å². The molecule has 1 aromatic rings. The first-order valence-corrected chi connectivity index (χ1v) is 11.8. The lowest BCUT2D eigenvalue weighted by molar-refractivity contribution is -0.150. The first kappa shape index (κ1) is 19.5. The van der Waals surface area contributed by atoms with Gasteiger partial charge in [-0.1, -0.05) is 0 Å². The summed E-state index contributed by atoms with van der Waals surface area (Å²) in [4.78, 5) is 12.7. The number of ether oxygens (including phenoxy) is 2. The van der Waals surface area contributed by atoms with E-state index in [1.165, 1.54) is 12.1 Å². The van der Waals surface area contributed by atoms with E-state index in [0.717, 1.165) is 12.1 Å². The number of sulfone groups is 1. The summed E-state index contributed by atoms with van der Waals surface area (Å²) in [5, 5.41) is 11.1. The molecule has 0 radical (unpaired) electrons. The number of hydrogen-bond acceptors (Lipinski definition) is 6. The minimum atomic E-state index is -3.79. The molecule has 8 heteroatoms. The second-order valence-electron chi connectivity index (χ2n) is 9.50. The van der Waals surface area contributed by atoms with Crippen LogP contribution in [0, 0.1) is 23.6 Å². The van der Waals surface area contributed by atoms with E-state index in [1.54, 1.807) is 6.92 Å². The molecular weight excluding hydrogens is 399 g/mol. The molecule has 29 heavy (non-hydrogen) atoms. The number of hydrogen-bond donors (Lipinski definition) is 1. The smallest absolute Gasteiger partial charge is 0.310 e. The second kappa shape index (κ2) is 5.80. The Hall–Kier alpha value is -1.51. The Balaban J connectivity index is 1.47. The topological polar surface area (TPSA) is 93.2 Å². The molecule has 1 aromatic carbocycles. The Morgan fingerprint density at radius 3 is 2.55 bits per heavy atom. The van der Waals surface area contributed by atoms with E-state index < -0.39 is 44.8 Å². The molecule has 0 amide bonds. The van der Waals surface area contributed by atoms with Crippen LogP contribution in [-0.2, 0) is 24.1 Å². The van der Waals surface area contributed by atoms with Crippen LogP contribution in [0.15, 0.2) is 29.2 Å². The highest BCUT2D eigenvalue weighted by Gasteiger charge is 2.80. The van der Waals surface area contributed by atoms with Crippen molar-refractivity contribution in [3.05, 3.63) is 30.1 Å². The monoisotopic (exact) mass is 424 g/mol. The van der Waals surface area contributed by atoms with Crippen molar-refractivity contribution in [2.75, 3.05) is 5.75 Å². The maximum Gasteiger partial charge on any atom is 0.310 e. The second-order valence-corrected chi connectivity index (χ2v) is 11.5. The summed E-state index contributed by atoms with van der Waals surface area (Å²) >= 11 is 0. The van der Waals surface area contributed by atoms with E-state index in [0.29, 0.717) is 25.7 Å². The highest BCUT2D eigenvalue weighted by Crippen LogP contribution is 2.69. The van der Waals surface area contributed by atoms with E-state index in [9.17, 15) is 22.7 Å². The van der Waals surface area contributed by atoms with Gasteiger partial charge in [-0.2, -0.15) is 0 Å². The van der Waals surface area contributed by atoms with Crippen LogP contribution in [0.25, 0.3) is 0 Å². The average molecular weight is 424 g/mol. The Morgan fingerprint density at radius 1 is 1.17 bits per heavy atom. The zero-order chi connectivity index (χ0) is 20.8. The summed E-state index contributed by atoms with van der Waals surface area (Å²) in [5.74, 6) is -2.89.